The molecule has 0 aromatic rings. The van der Waals surface area contributed by atoms with E-state index in [-0.39, 0.29) is 6.61 Å². The molecule has 0 rings (SSSR count). The van der Waals surface area contributed by atoms with Crippen LogP contribution in [0.25, 0.3) is 0 Å². The molecule has 64 valence electrons. The van der Waals surface area contributed by atoms with Gasteiger partial charge in [0.1, 0.15) is 0 Å². The summed E-state index contributed by atoms with van der Waals surface area (Å²) in [5, 5.41) is 0. The topological polar surface area (TPSA) is 72.8 Å². The van der Waals surface area contributed by atoms with Crippen molar-refractivity contribution in [2.75, 3.05) is 6.61 Å². The first kappa shape index (κ1) is 10.3. The first-order chi connectivity index (χ1) is 5.12. The first-order valence-electron chi connectivity index (χ1n) is 3.11. The van der Waals surface area contributed by atoms with E-state index in [1.165, 1.54) is 0 Å². The van der Waals surface area contributed by atoms with Crippen molar-refractivity contribution in [3.05, 3.63) is 0 Å². The zero-order valence-electron chi connectivity index (χ0n) is 6.11. The lowest BCUT2D eigenvalue weighted by Crippen LogP contribution is -2.02. The Morgan fingerprint density at radius 2 is 2.18 bits per heavy atom. The predicted octanol–water partition coefficient (Wildman–Crippen LogP) is 0.384. The molecule has 0 saturated heterocycles. The zero-order chi connectivity index (χ0) is 8.74. The van der Waals surface area contributed by atoms with Gasteiger partial charge in [0.2, 0.25) is 0 Å². The van der Waals surface area contributed by atoms with Gasteiger partial charge in [-0.15, -0.1) is 0 Å². The maximum absolute atomic E-state index is 10.5. The summed E-state index contributed by atoms with van der Waals surface area (Å²) in [7, 11) is -4.00. The SMILES string of the molecule is CCCCOS(=O)(=O)N=C=O. The van der Waals surface area contributed by atoms with Gasteiger partial charge in [0.25, 0.3) is 6.08 Å². The summed E-state index contributed by atoms with van der Waals surface area (Å²) in [4.78, 5) is 9.50. The molecular formula is C5H9NO4S. The van der Waals surface area contributed by atoms with Crippen LogP contribution in [0.3, 0.4) is 0 Å². The number of rotatable bonds is 5. The van der Waals surface area contributed by atoms with Gasteiger partial charge < -0.3 is 0 Å². The summed E-state index contributed by atoms with van der Waals surface area (Å²) in [5.41, 5.74) is 0. The lowest BCUT2D eigenvalue weighted by atomic mass is 10.4. The summed E-state index contributed by atoms with van der Waals surface area (Å²) in [5.74, 6) is 0. The predicted molar refractivity (Wildman–Crippen MR) is 37.9 cm³/mol. The van der Waals surface area contributed by atoms with Crippen LogP contribution in [0.15, 0.2) is 4.40 Å². The minimum absolute atomic E-state index is 0.0595. The fraction of sp³-hybridized carbons (Fsp3) is 0.800. The van der Waals surface area contributed by atoms with Gasteiger partial charge in [-0.1, -0.05) is 17.7 Å². The van der Waals surface area contributed by atoms with Gasteiger partial charge in [-0.25, -0.2) is 4.79 Å². The summed E-state index contributed by atoms with van der Waals surface area (Å²) in [6, 6.07) is 0. The average Bonchev–Trinajstić information content (AvgIpc) is 1.87. The van der Waals surface area contributed by atoms with E-state index >= 15 is 0 Å². The molecule has 0 bridgehead atoms. The third-order valence-electron chi connectivity index (χ3n) is 0.879. The highest BCUT2D eigenvalue weighted by Gasteiger charge is 2.06. The Hall–Kier alpha value is -0.710. The Labute approximate surface area is 65.3 Å². The molecule has 0 aromatic carbocycles. The lowest BCUT2D eigenvalue weighted by molar-refractivity contribution is 0.311. The van der Waals surface area contributed by atoms with Crippen LogP contribution in [0, 0.1) is 0 Å². The quantitative estimate of drug-likeness (QED) is 0.347. The molecule has 0 aliphatic carbocycles. The van der Waals surface area contributed by atoms with Crippen molar-refractivity contribution >= 4 is 16.4 Å². The number of nitrogens with zero attached hydrogens (tertiary/aromatic N) is 1. The monoisotopic (exact) mass is 179 g/mol. The van der Waals surface area contributed by atoms with Crippen molar-refractivity contribution in [2.24, 2.45) is 4.40 Å². The minimum atomic E-state index is -4.00. The van der Waals surface area contributed by atoms with Crippen molar-refractivity contribution in [3.63, 3.8) is 0 Å². The van der Waals surface area contributed by atoms with E-state index in [2.05, 4.69) is 8.58 Å². The fourth-order valence-corrected chi connectivity index (χ4v) is 0.853. The Morgan fingerprint density at radius 3 is 2.64 bits per heavy atom. The molecule has 0 unspecified atom stereocenters. The van der Waals surface area contributed by atoms with Gasteiger partial charge in [0.15, 0.2) is 0 Å². The Balaban J connectivity index is 3.84. The smallest absolute Gasteiger partial charge is 0.252 e. The van der Waals surface area contributed by atoms with E-state index in [9.17, 15) is 13.2 Å². The number of unbranched alkanes of at least 4 members (excludes halogenated alkanes) is 1. The van der Waals surface area contributed by atoms with Crippen LogP contribution < -0.4 is 0 Å². The Kier molecular flexibility index (Phi) is 4.69. The molecule has 0 aliphatic heterocycles. The summed E-state index contributed by atoms with van der Waals surface area (Å²) < 4.78 is 27.6. The second kappa shape index (κ2) is 5.01. The highest BCUT2D eigenvalue weighted by Crippen LogP contribution is 1.96. The zero-order valence-corrected chi connectivity index (χ0v) is 6.93. The highest BCUT2D eigenvalue weighted by atomic mass is 32.2. The maximum Gasteiger partial charge on any atom is 0.391 e. The molecule has 0 atom stereocenters. The molecule has 0 aliphatic rings. The molecule has 6 heteroatoms. The Bertz CT molecular complexity index is 239. The second-order valence-corrected chi connectivity index (χ2v) is 3.06. The van der Waals surface area contributed by atoms with E-state index < -0.39 is 10.3 Å². The van der Waals surface area contributed by atoms with Gasteiger partial charge in [-0.2, -0.15) is 8.42 Å². The molecule has 0 amide bonds. The van der Waals surface area contributed by atoms with Crippen molar-refractivity contribution < 1.29 is 17.4 Å². The maximum atomic E-state index is 10.5. The number of hydrogen-bond donors (Lipinski definition) is 0. The Morgan fingerprint density at radius 1 is 1.55 bits per heavy atom. The molecule has 11 heavy (non-hydrogen) atoms. The van der Waals surface area contributed by atoms with Gasteiger partial charge >= 0.3 is 10.3 Å². The van der Waals surface area contributed by atoms with Crippen molar-refractivity contribution in [3.8, 4) is 0 Å². The van der Waals surface area contributed by atoms with Crippen LogP contribution in [-0.4, -0.2) is 21.1 Å². The van der Waals surface area contributed by atoms with E-state index in [1.54, 1.807) is 0 Å². The molecule has 0 heterocycles. The first-order valence-corrected chi connectivity index (χ1v) is 4.47. The van der Waals surface area contributed by atoms with Crippen LogP contribution in [0.4, 0.5) is 0 Å². The van der Waals surface area contributed by atoms with Crippen molar-refractivity contribution in [1.82, 2.24) is 0 Å². The van der Waals surface area contributed by atoms with Gasteiger partial charge in [-0.05, 0) is 6.42 Å². The van der Waals surface area contributed by atoms with E-state index in [0.29, 0.717) is 6.42 Å². The fourth-order valence-electron chi connectivity index (χ4n) is 0.381. The third kappa shape index (κ3) is 5.72. The molecule has 5 nitrogen and oxygen atoms in total. The summed E-state index contributed by atoms with van der Waals surface area (Å²) in [6.07, 6.45) is 2.34. The number of isocyanates is 1. The van der Waals surface area contributed by atoms with Crippen molar-refractivity contribution in [2.45, 2.75) is 19.8 Å². The van der Waals surface area contributed by atoms with Crippen LogP contribution >= 0.6 is 0 Å². The molecular weight excluding hydrogens is 170 g/mol. The van der Waals surface area contributed by atoms with Crippen molar-refractivity contribution in [1.29, 1.82) is 0 Å². The number of hydrogen-bond acceptors (Lipinski definition) is 4. The van der Waals surface area contributed by atoms with E-state index in [1.807, 2.05) is 6.92 Å². The lowest BCUT2D eigenvalue weighted by Gasteiger charge is -1.95. The summed E-state index contributed by atoms with van der Waals surface area (Å²) in [6.45, 7) is 1.95. The number of carbonyl (C=O) groups excluding carboxylic acids is 1. The molecule has 0 fully saturated rings. The van der Waals surface area contributed by atoms with E-state index in [4.69, 9.17) is 0 Å². The van der Waals surface area contributed by atoms with Gasteiger partial charge in [0, 0.05) is 0 Å². The third-order valence-corrected chi connectivity index (χ3v) is 1.64. The molecule has 0 N–H and O–H groups in total. The van der Waals surface area contributed by atoms with E-state index in [0.717, 1.165) is 12.5 Å². The van der Waals surface area contributed by atoms with Gasteiger partial charge in [0.05, 0.1) is 6.61 Å². The van der Waals surface area contributed by atoms with Crippen LogP contribution in [-0.2, 0) is 19.3 Å². The molecule has 0 radical (unpaired) electrons. The molecule has 0 aromatic heterocycles. The van der Waals surface area contributed by atoms with Crippen LogP contribution in [0.2, 0.25) is 0 Å². The highest BCUT2D eigenvalue weighted by molar-refractivity contribution is 7.85. The summed E-state index contributed by atoms with van der Waals surface area (Å²) >= 11 is 0. The molecule has 0 saturated carbocycles. The normalized spacial score (nSPS) is 10.6. The largest absolute Gasteiger partial charge is 0.391 e. The van der Waals surface area contributed by atoms with Gasteiger partial charge in [-0.3, -0.25) is 4.18 Å². The molecule has 0 spiro atoms. The average molecular weight is 179 g/mol. The standard InChI is InChI=1S/C5H9NO4S/c1-2-3-4-10-11(8,9)6-5-7/h2-4H2,1H3. The van der Waals surface area contributed by atoms with Crippen LogP contribution in [0.1, 0.15) is 19.8 Å². The minimum Gasteiger partial charge on any atom is -0.252 e. The second-order valence-electron chi connectivity index (χ2n) is 1.79. The van der Waals surface area contributed by atoms with Crippen LogP contribution in [0.5, 0.6) is 0 Å².